The van der Waals surface area contributed by atoms with Crippen LogP contribution in [0.5, 0.6) is 5.75 Å². The van der Waals surface area contributed by atoms with Gasteiger partial charge < -0.3 is 15.0 Å². The Bertz CT molecular complexity index is 605. The Morgan fingerprint density at radius 1 is 1.29 bits per heavy atom. The lowest BCUT2D eigenvalue weighted by Crippen LogP contribution is -2.43. The average molecular weight is 288 g/mol. The number of rotatable bonds is 4. The molecule has 1 aliphatic heterocycles. The van der Waals surface area contributed by atoms with Crippen molar-refractivity contribution in [3.63, 3.8) is 0 Å². The van der Waals surface area contributed by atoms with Crippen molar-refractivity contribution in [2.24, 2.45) is 7.05 Å². The molecule has 7 heteroatoms. The van der Waals surface area contributed by atoms with Gasteiger partial charge in [-0.15, -0.1) is 10.2 Å². The Balaban J connectivity index is 1.66. The van der Waals surface area contributed by atoms with Gasteiger partial charge in [-0.1, -0.05) is 0 Å². The number of aromatic nitrogens is 4. The van der Waals surface area contributed by atoms with Gasteiger partial charge in [0.05, 0.1) is 7.05 Å². The number of hydrogen-bond acceptors (Lipinski definition) is 6. The molecule has 0 spiro atoms. The maximum absolute atomic E-state index is 5.77. The highest BCUT2D eigenvalue weighted by atomic mass is 16.5. The van der Waals surface area contributed by atoms with E-state index in [4.69, 9.17) is 4.74 Å². The van der Waals surface area contributed by atoms with Crippen LogP contribution in [0, 0.1) is 6.92 Å². The number of tetrazole rings is 1. The third kappa shape index (κ3) is 3.30. The van der Waals surface area contributed by atoms with E-state index in [0.29, 0.717) is 12.4 Å². The zero-order valence-electron chi connectivity index (χ0n) is 12.4. The van der Waals surface area contributed by atoms with Gasteiger partial charge in [0, 0.05) is 31.9 Å². The second kappa shape index (κ2) is 6.09. The van der Waals surface area contributed by atoms with Crippen LogP contribution in [0.25, 0.3) is 0 Å². The molecule has 1 saturated heterocycles. The van der Waals surface area contributed by atoms with Gasteiger partial charge in [-0.3, -0.25) is 0 Å². The molecule has 7 nitrogen and oxygen atoms in total. The minimum atomic E-state index is 0.335. The molecule has 0 radical (unpaired) electrons. The number of ether oxygens (including phenoxy) is 1. The molecule has 0 saturated carbocycles. The minimum absolute atomic E-state index is 0.335. The molecule has 1 N–H and O–H groups in total. The first kappa shape index (κ1) is 13.8. The molecule has 2 aromatic rings. The highest BCUT2D eigenvalue weighted by Crippen LogP contribution is 2.25. The maximum atomic E-state index is 5.77. The lowest BCUT2D eigenvalue weighted by molar-refractivity contribution is 0.293. The molecule has 1 fully saturated rings. The maximum Gasteiger partial charge on any atom is 0.212 e. The molecule has 1 aromatic heterocycles. The molecule has 2 heterocycles. The average Bonchev–Trinajstić information content (AvgIpc) is 2.92. The number of nitrogens with one attached hydrogen (secondary N) is 1. The quantitative estimate of drug-likeness (QED) is 0.884. The van der Waals surface area contributed by atoms with Gasteiger partial charge in [0.25, 0.3) is 0 Å². The van der Waals surface area contributed by atoms with Crippen molar-refractivity contribution < 1.29 is 4.74 Å². The summed E-state index contributed by atoms with van der Waals surface area (Å²) in [6, 6.07) is 6.30. The van der Waals surface area contributed by atoms with Gasteiger partial charge in [-0.25, -0.2) is 0 Å². The Labute approximate surface area is 123 Å². The number of aryl methyl sites for hydroxylation is 2. The number of piperazine rings is 1. The summed E-state index contributed by atoms with van der Waals surface area (Å²) in [5, 5.41) is 15.2. The topological polar surface area (TPSA) is 68.1 Å². The third-order valence-electron chi connectivity index (χ3n) is 3.55. The van der Waals surface area contributed by atoms with Crippen LogP contribution < -0.4 is 15.0 Å². The monoisotopic (exact) mass is 288 g/mol. The van der Waals surface area contributed by atoms with Crippen LogP contribution in [-0.4, -0.2) is 46.4 Å². The van der Waals surface area contributed by atoms with Crippen molar-refractivity contribution in [3.8, 4) is 5.75 Å². The van der Waals surface area contributed by atoms with Crippen molar-refractivity contribution in [2.75, 3.05) is 31.1 Å². The molecule has 21 heavy (non-hydrogen) atoms. The Kier molecular flexibility index (Phi) is 4.01. The largest absolute Gasteiger partial charge is 0.485 e. The molecule has 0 amide bonds. The Hall–Kier alpha value is -2.15. The first-order valence-corrected chi connectivity index (χ1v) is 7.14. The number of benzene rings is 1. The standard InChI is InChI=1S/C14H20N6O/c1-11-9-12(20-7-5-15-6-8-20)3-4-13(11)21-10-14-16-18-19(2)17-14/h3-4,9,15H,5-8,10H2,1-2H3. The van der Waals surface area contributed by atoms with Crippen molar-refractivity contribution in [3.05, 3.63) is 29.6 Å². The number of anilines is 1. The van der Waals surface area contributed by atoms with Gasteiger partial charge in [0.1, 0.15) is 5.75 Å². The lowest BCUT2D eigenvalue weighted by atomic mass is 10.1. The summed E-state index contributed by atoms with van der Waals surface area (Å²) in [5.41, 5.74) is 2.37. The lowest BCUT2D eigenvalue weighted by Gasteiger charge is -2.29. The van der Waals surface area contributed by atoms with Gasteiger partial charge in [-0.2, -0.15) is 4.80 Å². The summed E-state index contributed by atoms with van der Waals surface area (Å²) in [4.78, 5) is 3.82. The number of hydrogen-bond donors (Lipinski definition) is 1. The van der Waals surface area contributed by atoms with Crippen LogP contribution in [0.4, 0.5) is 5.69 Å². The fraction of sp³-hybridized carbons (Fsp3) is 0.500. The summed E-state index contributed by atoms with van der Waals surface area (Å²) in [5.74, 6) is 1.45. The van der Waals surface area contributed by atoms with E-state index in [0.717, 1.165) is 37.5 Å². The molecule has 0 aliphatic carbocycles. The molecule has 1 aromatic carbocycles. The van der Waals surface area contributed by atoms with Crippen molar-refractivity contribution in [2.45, 2.75) is 13.5 Å². The molecule has 112 valence electrons. The third-order valence-corrected chi connectivity index (χ3v) is 3.55. The van der Waals surface area contributed by atoms with E-state index >= 15 is 0 Å². The van der Waals surface area contributed by atoms with Crippen molar-refractivity contribution in [1.29, 1.82) is 0 Å². The highest BCUT2D eigenvalue weighted by Gasteiger charge is 2.12. The highest BCUT2D eigenvalue weighted by molar-refractivity contribution is 5.53. The molecule has 0 atom stereocenters. The number of nitrogens with zero attached hydrogens (tertiary/aromatic N) is 5. The van der Waals surface area contributed by atoms with Gasteiger partial charge in [0.15, 0.2) is 6.61 Å². The van der Waals surface area contributed by atoms with Crippen LogP contribution in [0.2, 0.25) is 0 Å². The van der Waals surface area contributed by atoms with Gasteiger partial charge in [-0.05, 0) is 35.9 Å². The first-order chi connectivity index (χ1) is 10.2. The summed E-state index contributed by atoms with van der Waals surface area (Å²) >= 11 is 0. The van der Waals surface area contributed by atoms with E-state index in [1.165, 1.54) is 10.5 Å². The van der Waals surface area contributed by atoms with E-state index in [1.807, 2.05) is 6.07 Å². The normalized spacial score (nSPS) is 15.2. The smallest absolute Gasteiger partial charge is 0.212 e. The first-order valence-electron chi connectivity index (χ1n) is 7.14. The molecule has 3 rings (SSSR count). The van der Waals surface area contributed by atoms with E-state index in [1.54, 1.807) is 7.05 Å². The summed E-state index contributed by atoms with van der Waals surface area (Å²) in [6.07, 6.45) is 0. The van der Waals surface area contributed by atoms with E-state index < -0.39 is 0 Å². The minimum Gasteiger partial charge on any atom is -0.485 e. The second-order valence-corrected chi connectivity index (χ2v) is 5.17. The van der Waals surface area contributed by atoms with Crippen LogP contribution in [-0.2, 0) is 13.7 Å². The van der Waals surface area contributed by atoms with Crippen LogP contribution in [0.1, 0.15) is 11.4 Å². The Morgan fingerprint density at radius 3 is 2.76 bits per heavy atom. The fourth-order valence-electron chi connectivity index (χ4n) is 2.44. The zero-order chi connectivity index (χ0) is 14.7. The summed E-state index contributed by atoms with van der Waals surface area (Å²) in [6.45, 7) is 6.56. The molecule has 0 unspecified atom stereocenters. The van der Waals surface area contributed by atoms with Gasteiger partial charge in [0.2, 0.25) is 5.82 Å². The fourth-order valence-corrected chi connectivity index (χ4v) is 2.44. The summed E-state index contributed by atoms with van der Waals surface area (Å²) < 4.78 is 5.77. The van der Waals surface area contributed by atoms with E-state index in [2.05, 4.69) is 44.7 Å². The summed E-state index contributed by atoms with van der Waals surface area (Å²) in [7, 11) is 1.74. The van der Waals surface area contributed by atoms with Crippen LogP contribution in [0.15, 0.2) is 18.2 Å². The van der Waals surface area contributed by atoms with Crippen molar-refractivity contribution >= 4 is 5.69 Å². The van der Waals surface area contributed by atoms with E-state index in [-0.39, 0.29) is 0 Å². The predicted octanol–water partition coefficient (Wildman–Crippen LogP) is 0.507. The molecular formula is C14H20N6O. The van der Waals surface area contributed by atoms with E-state index in [9.17, 15) is 0 Å². The van der Waals surface area contributed by atoms with Crippen LogP contribution >= 0.6 is 0 Å². The SMILES string of the molecule is Cc1cc(N2CCNCC2)ccc1OCc1nnn(C)n1. The second-order valence-electron chi connectivity index (χ2n) is 5.17. The molecule has 0 bridgehead atoms. The van der Waals surface area contributed by atoms with Crippen LogP contribution in [0.3, 0.4) is 0 Å². The Morgan fingerprint density at radius 2 is 2.10 bits per heavy atom. The molecule has 1 aliphatic rings. The predicted molar refractivity (Wildman–Crippen MR) is 79.4 cm³/mol. The van der Waals surface area contributed by atoms with Crippen molar-refractivity contribution in [1.82, 2.24) is 25.5 Å². The zero-order valence-corrected chi connectivity index (χ0v) is 12.4. The molecular weight excluding hydrogens is 268 g/mol. The van der Waals surface area contributed by atoms with Gasteiger partial charge >= 0.3 is 0 Å².